The van der Waals surface area contributed by atoms with Crippen molar-refractivity contribution >= 4 is 10.0 Å². The maximum absolute atomic E-state index is 11.6. The summed E-state index contributed by atoms with van der Waals surface area (Å²) in [7, 11) is -3.15. The van der Waals surface area contributed by atoms with E-state index in [1.165, 1.54) is 0 Å². The standard InChI is InChI=1S/C16H23N5O2S/c1-2-24(22,23)19-10-7-16-13-20(11-14-5-3-4-8-17-14)12-15-6-9-18-21(15)16/h3-6,8-9,16,19H,2,7,10-13H2,1H3/t16-/m1/s1. The largest absolute Gasteiger partial charge is 0.290 e. The second-order valence-electron chi connectivity index (χ2n) is 6.00. The van der Waals surface area contributed by atoms with Gasteiger partial charge in [0.2, 0.25) is 10.0 Å². The summed E-state index contributed by atoms with van der Waals surface area (Å²) in [5.41, 5.74) is 2.19. The zero-order valence-electron chi connectivity index (χ0n) is 13.8. The maximum atomic E-state index is 11.6. The van der Waals surface area contributed by atoms with E-state index in [2.05, 4.69) is 19.7 Å². The number of pyridine rings is 1. The van der Waals surface area contributed by atoms with E-state index < -0.39 is 10.0 Å². The van der Waals surface area contributed by atoms with Gasteiger partial charge in [-0.05, 0) is 31.5 Å². The van der Waals surface area contributed by atoms with Crippen LogP contribution in [0.1, 0.15) is 30.8 Å². The van der Waals surface area contributed by atoms with Gasteiger partial charge >= 0.3 is 0 Å². The Labute approximate surface area is 142 Å². The van der Waals surface area contributed by atoms with Crippen LogP contribution in [0.15, 0.2) is 36.7 Å². The molecule has 0 radical (unpaired) electrons. The normalized spacial score (nSPS) is 18.5. The first kappa shape index (κ1) is 17.1. The van der Waals surface area contributed by atoms with Gasteiger partial charge in [-0.2, -0.15) is 5.10 Å². The Morgan fingerprint density at radius 3 is 2.92 bits per heavy atom. The molecule has 0 fully saturated rings. The van der Waals surface area contributed by atoms with Crippen molar-refractivity contribution in [2.24, 2.45) is 0 Å². The summed E-state index contributed by atoms with van der Waals surface area (Å²) in [6.45, 7) is 4.51. The van der Waals surface area contributed by atoms with E-state index in [1.54, 1.807) is 13.1 Å². The fourth-order valence-electron chi connectivity index (χ4n) is 3.00. The van der Waals surface area contributed by atoms with Crippen LogP contribution in [0.3, 0.4) is 0 Å². The van der Waals surface area contributed by atoms with E-state index in [0.29, 0.717) is 13.0 Å². The lowest BCUT2D eigenvalue weighted by atomic mass is 10.1. The number of hydrogen-bond donors (Lipinski definition) is 1. The summed E-state index contributed by atoms with van der Waals surface area (Å²) in [5, 5.41) is 4.41. The molecule has 3 heterocycles. The number of aromatic nitrogens is 3. The van der Waals surface area contributed by atoms with Gasteiger partial charge in [-0.15, -0.1) is 0 Å². The van der Waals surface area contributed by atoms with Crippen molar-refractivity contribution in [1.29, 1.82) is 0 Å². The molecule has 0 amide bonds. The summed E-state index contributed by atoms with van der Waals surface area (Å²) in [5.74, 6) is 0.108. The van der Waals surface area contributed by atoms with Gasteiger partial charge in [0, 0.05) is 38.6 Å². The number of fused-ring (bicyclic) bond motifs is 1. The number of hydrogen-bond acceptors (Lipinski definition) is 5. The fraction of sp³-hybridized carbons (Fsp3) is 0.500. The first-order valence-electron chi connectivity index (χ1n) is 8.19. The minimum Gasteiger partial charge on any atom is -0.290 e. The summed E-state index contributed by atoms with van der Waals surface area (Å²) >= 11 is 0. The van der Waals surface area contributed by atoms with Gasteiger partial charge in [0.15, 0.2) is 0 Å². The number of nitrogens with one attached hydrogen (secondary N) is 1. The molecule has 24 heavy (non-hydrogen) atoms. The lowest BCUT2D eigenvalue weighted by Gasteiger charge is -2.33. The van der Waals surface area contributed by atoms with Crippen LogP contribution in [-0.4, -0.2) is 46.9 Å². The summed E-state index contributed by atoms with van der Waals surface area (Å²) in [4.78, 5) is 6.72. The second-order valence-corrected chi connectivity index (χ2v) is 8.09. The Morgan fingerprint density at radius 2 is 2.17 bits per heavy atom. The van der Waals surface area contributed by atoms with Crippen LogP contribution in [0.5, 0.6) is 0 Å². The lowest BCUT2D eigenvalue weighted by Crippen LogP contribution is -2.39. The van der Waals surface area contributed by atoms with Crippen molar-refractivity contribution in [2.45, 2.75) is 32.5 Å². The molecular weight excluding hydrogens is 326 g/mol. The lowest BCUT2D eigenvalue weighted by molar-refractivity contribution is 0.160. The van der Waals surface area contributed by atoms with Crippen molar-refractivity contribution in [3.63, 3.8) is 0 Å². The quantitative estimate of drug-likeness (QED) is 0.811. The molecule has 2 aromatic heterocycles. The highest BCUT2D eigenvalue weighted by atomic mass is 32.2. The molecule has 0 saturated carbocycles. The minimum atomic E-state index is -3.15. The third-order valence-electron chi connectivity index (χ3n) is 4.24. The Hall–Kier alpha value is -1.77. The molecule has 0 aliphatic carbocycles. The van der Waals surface area contributed by atoms with Crippen LogP contribution in [-0.2, 0) is 23.1 Å². The SMILES string of the molecule is CCS(=O)(=O)NCC[C@@H]1CN(Cc2ccccn2)Cc2ccnn21. The summed E-state index contributed by atoms with van der Waals surface area (Å²) in [6.07, 6.45) is 4.33. The Bertz CT molecular complexity index is 760. The van der Waals surface area contributed by atoms with E-state index in [-0.39, 0.29) is 11.8 Å². The zero-order chi connectivity index (χ0) is 17.0. The monoisotopic (exact) mass is 349 g/mol. The molecule has 7 nitrogen and oxygen atoms in total. The molecule has 0 unspecified atom stereocenters. The molecule has 0 aromatic carbocycles. The van der Waals surface area contributed by atoms with Crippen LogP contribution < -0.4 is 4.72 Å². The van der Waals surface area contributed by atoms with Gasteiger partial charge in [-0.3, -0.25) is 14.6 Å². The van der Waals surface area contributed by atoms with Gasteiger partial charge < -0.3 is 0 Å². The topological polar surface area (TPSA) is 80.1 Å². The predicted octanol–water partition coefficient (Wildman–Crippen LogP) is 1.16. The van der Waals surface area contributed by atoms with Crippen LogP contribution >= 0.6 is 0 Å². The molecular formula is C16H23N5O2S. The molecule has 0 spiro atoms. The van der Waals surface area contributed by atoms with Crippen molar-refractivity contribution in [1.82, 2.24) is 24.4 Å². The van der Waals surface area contributed by atoms with E-state index in [1.807, 2.05) is 35.1 Å². The van der Waals surface area contributed by atoms with Gasteiger partial charge in [-0.25, -0.2) is 13.1 Å². The third-order valence-corrected chi connectivity index (χ3v) is 5.65. The van der Waals surface area contributed by atoms with Crippen LogP contribution in [0, 0.1) is 0 Å². The van der Waals surface area contributed by atoms with Crippen molar-refractivity contribution in [3.8, 4) is 0 Å². The molecule has 0 bridgehead atoms. The fourth-order valence-corrected chi connectivity index (χ4v) is 3.64. The molecule has 0 saturated heterocycles. The minimum absolute atomic E-state index is 0.108. The number of rotatable bonds is 7. The van der Waals surface area contributed by atoms with Crippen molar-refractivity contribution in [3.05, 3.63) is 48.0 Å². The molecule has 1 aliphatic rings. The van der Waals surface area contributed by atoms with Gasteiger partial charge in [0.05, 0.1) is 23.2 Å². The van der Waals surface area contributed by atoms with E-state index in [4.69, 9.17) is 0 Å². The average Bonchev–Trinajstić information content (AvgIpc) is 3.04. The smallest absolute Gasteiger partial charge is 0.211 e. The molecule has 2 aromatic rings. The van der Waals surface area contributed by atoms with Gasteiger partial charge in [0.25, 0.3) is 0 Å². The van der Waals surface area contributed by atoms with E-state index in [0.717, 1.165) is 31.0 Å². The second kappa shape index (κ2) is 7.42. The van der Waals surface area contributed by atoms with Crippen LogP contribution in [0.4, 0.5) is 0 Å². The molecule has 130 valence electrons. The molecule has 3 rings (SSSR count). The zero-order valence-corrected chi connectivity index (χ0v) is 14.6. The number of nitrogens with zero attached hydrogens (tertiary/aromatic N) is 4. The highest BCUT2D eigenvalue weighted by Gasteiger charge is 2.25. The third kappa shape index (κ3) is 4.19. The Kier molecular flexibility index (Phi) is 5.27. The summed E-state index contributed by atoms with van der Waals surface area (Å²) < 4.78 is 27.8. The molecule has 1 aliphatic heterocycles. The highest BCUT2D eigenvalue weighted by molar-refractivity contribution is 7.89. The van der Waals surface area contributed by atoms with Crippen molar-refractivity contribution < 1.29 is 8.42 Å². The molecule has 1 N–H and O–H groups in total. The summed E-state index contributed by atoms with van der Waals surface area (Å²) in [6, 6.07) is 8.11. The van der Waals surface area contributed by atoms with Gasteiger partial charge in [0.1, 0.15) is 0 Å². The Balaban J connectivity index is 1.65. The first-order valence-corrected chi connectivity index (χ1v) is 9.84. The number of sulfonamides is 1. The average molecular weight is 349 g/mol. The molecule has 1 atom stereocenters. The van der Waals surface area contributed by atoms with Gasteiger partial charge in [-0.1, -0.05) is 6.07 Å². The van der Waals surface area contributed by atoms with E-state index >= 15 is 0 Å². The van der Waals surface area contributed by atoms with Crippen molar-refractivity contribution in [2.75, 3.05) is 18.8 Å². The van der Waals surface area contributed by atoms with E-state index in [9.17, 15) is 8.42 Å². The highest BCUT2D eigenvalue weighted by Crippen LogP contribution is 2.23. The van der Waals surface area contributed by atoms with Crippen LogP contribution in [0.2, 0.25) is 0 Å². The Morgan fingerprint density at radius 1 is 1.29 bits per heavy atom. The molecule has 8 heteroatoms. The predicted molar refractivity (Wildman–Crippen MR) is 91.7 cm³/mol. The first-order chi connectivity index (χ1) is 11.6. The maximum Gasteiger partial charge on any atom is 0.211 e. The van der Waals surface area contributed by atoms with Crippen LogP contribution in [0.25, 0.3) is 0 Å².